The van der Waals surface area contributed by atoms with Crippen molar-refractivity contribution >= 4 is 23.1 Å². The Balaban J connectivity index is 2.16. The molecule has 0 bridgehead atoms. The Labute approximate surface area is 111 Å². The lowest BCUT2D eigenvalue weighted by molar-refractivity contribution is 0.946. The van der Waals surface area contributed by atoms with Crippen molar-refractivity contribution in [3.05, 3.63) is 51.7 Å². The predicted octanol–water partition coefficient (Wildman–Crippen LogP) is 4.16. The molecule has 0 spiro atoms. The smallest absolute Gasteiger partial charge is 0.0475 e. The molecule has 1 unspecified atom stereocenters. The van der Waals surface area contributed by atoms with Crippen molar-refractivity contribution in [3.63, 3.8) is 0 Å². The van der Waals surface area contributed by atoms with E-state index in [0.29, 0.717) is 11.8 Å². The normalized spacial score (nSPS) is 12.6. The standard InChI is InChI=1S/C14H17NS2/c1-10-3-4-13(7-11(10)2)17-14(8-15)12-5-6-16-9-12/h3-7,9,14H,8,15H2,1-2H3. The van der Waals surface area contributed by atoms with Gasteiger partial charge >= 0.3 is 0 Å². The maximum atomic E-state index is 5.86. The summed E-state index contributed by atoms with van der Waals surface area (Å²) in [5.41, 5.74) is 9.88. The van der Waals surface area contributed by atoms with Gasteiger partial charge in [-0.2, -0.15) is 11.3 Å². The van der Waals surface area contributed by atoms with Crippen LogP contribution in [0.4, 0.5) is 0 Å². The highest BCUT2D eigenvalue weighted by Crippen LogP contribution is 2.35. The maximum Gasteiger partial charge on any atom is 0.0475 e. The lowest BCUT2D eigenvalue weighted by Gasteiger charge is -2.14. The maximum absolute atomic E-state index is 5.86. The van der Waals surface area contributed by atoms with Crippen molar-refractivity contribution in [3.8, 4) is 0 Å². The van der Waals surface area contributed by atoms with Gasteiger partial charge in [-0.15, -0.1) is 11.8 Å². The fraction of sp³-hybridized carbons (Fsp3) is 0.286. The molecule has 0 saturated carbocycles. The highest BCUT2D eigenvalue weighted by atomic mass is 32.2. The molecule has 2 aromatic rings. The van der Waals surface area contributed by atoms with Gasteiger partial charge in [0.05, 0.1) is 0 Å². The van der Waals surface area contributed by atoms with E-state index in [1.54, 1.807) is 11.3 Å². The van der Waals surface area contributed by atoms with Gasteiger partial charge in [-0.3, -0.25) is 0 Å². The first kappa shape index (κ1) is 12.7. The Kier molecular flexibility index (Phi) is 4.26. The van der Waals surface area contributed by atoms with E-state index in [9.17, 15) is 0 Å². The molecule has 1 aromatic carbocycles. The molecule has 0 aliphatic rings. The average Bonchev–Trinajstić information content (AvgIpc) is 2.84. The Hall–Kier alpha value is -0.770. The predicted molar refractivity (Wildman–Crippen MR) is 77.9 cm³/mol. The summed E-state index contributed by atoms with van der Waals surface area (Å²) in [6.07, 6.45) is 0. The number of thiophene rings is 1. The van der Waals surface area contributed by atoms with Gasteiger partial charge in [-0.1, -0.05) is 6.07 Å². The second kappa shape index (κ2) is 5.71. The first-order chi connectivity index (χ1) is 8.20. The van der Waals surface area contributed by atoms with Gasteiger partial charge in [0.25, 0.3) is 0 Å². The van der Waals surface area contributed by atoms with E-state index in [-0.39, 0.29) is 0 Å². The van der Waals surface area contributed by atoms with Gasteiger partial charge < -0.3 is 5.73 Å². The topological polar surface area (TPSA) is 26.0 Å². The number of benzene rings is 1. The van der Waals surface area contributed by atoms with Crippen LogP contribution < -0.4 is 5.73 Å². The quantitative estimate of drug-likeness (QED) is 0.838. The van der Waals surface area contributed by atoms with Crippen LogP contribution in [0.3, 0.4) is 0 Å². The molecule has 0 aliphatic heterocycles. The molecule has 3 heteroatoms. The van der Waals surface area contributed by atoms with Gasteiger partial charge in [-0.25, -0.2) is 0 Å². The number of thioether (sulfide) groups is 1. The molecule has 0 radical (unpaired) electrons. The van der Waals surface area contributed by atoms with Crippen LogP contribution in [0.15, 0.2) is 39.9 Å². The number of hydrogen-bond acceptors (Lipinski definition) is 3. The summed E-state index contributed by atoms with van der Waals surface area (Å²) in [5.74, 6) is 0. The second-order valence-electron chi connectivity index (χ2n) is 4.14. The molecular formula is C14H17NS2. The van der Waals surface area contributed by atoms with Gasteiger partial charge in [0.15, 0.2) is 0 Å². The van der Waals surface area contributed by atoms with E-state index in [0.717, 1.165) is 0 Å². The van der Waals surface area contributed by atoms with E-state index >= 15 is 0 Å². The molecule has 2 N–H and O–H groups in total. The van der Waals surface area contributed by atoms with Gasteiger partial charge in [0.2, 0.25) is 0 Å². The van der Waals surface area contributed by atoms with Crippen molar-refractivity contribution in [1.29, 1.82) is 0 Å². The van der Waals surface area contributed by atoms with Gasteiger partial charge in [-0.05, 0) is 59.5 Å². The van der Waals surface area contributed by atoms with Crippen molar-refractivity contribution in [2.45, 2.75) is 24.0 Å². The molecule has 0 aliphatic carbocycles. The Bertz CT molecular complexity index is 477. The summed E-state index contributed by atoms with van der Waals surface area (Å²) < 4.78 is 0. The first-order valence-corrected chi connectivity index (χ1v) is 7.49. The van der Waals surface area contributed by atoms with Crippen LogP contribution in [0.2, 0.25) is 0 Å². The zero-order valence-corrected chi connectivity index (χ0v) is 11.8. The third-order valence-corrected chi connectivity index (χ3v) is 4.86. The third-order valence-electron chi connectivity index (χ3n) is 2.89. The Morgan fingerprint density at radius 2 is 2.06 bits per heavy atom. The van der Waals surface area contributed by atoms with Crippen LogP contribution in [0.1, 0.15) is 21.9 Å². The van der Waals surface area contributed by atoms with E-state index in [2.05, 4.69) is 48.9 Å². The zero-order chi connectivity index (χ0) is 12.3. The molecule has 1 atom stereocenters. The van der Waals surface area contributed by atoms with Crippen LogP contribution in [0.5, 0.6) is 0 Å². The van der Waals surface area contributed by atoms with Gasteiger partial charge in [0.1, 0.15) is 0 Å². The summed E-state index contributed by atoms with van der Waals surface area (Å²) >= 11 is 3.58. The third kappa shape index (κ3) is 3.12. The van der Waals surface area contributed by atoms with Crippen LogP contribution in [0, 0.1) is 13.8 Å². The molecule has 2 rings (SSSR count). The SMILES string of the molecule is Cc1ccc(SC(CN)c2ccsc2)cc1C. The number of rotatable bonds is 4. The average molecular weight is 263 g/mol. The largest absolute Gasteiger partial charge is 0.329 e. The molecule has 17 heavy (non-hydrogen) atoms. The molecule has 1 nitrogen and oxygen atoms in total. The summed E-state index contributed by atoms with van der Waals surface area (Å²) in [6, 6.07) is 8.77. The van der Waals surface area contributed by atoms with Crippen LogP contribution in [-0.4, -0.2) is 6.54 Å². The van der Waals surface area contributed by atoms with Crippen molar-refractivity contribution < 1.29 is 0 Å². The monoisotopic (exact) mass is 263 g/mol. The van der Waals surface area contributed by atoms with Crippen molar-refractivity contribution in [1.82, 2.24) is 0 Å². The second-order valence-corrected chi connectivity index (χ2v) is 6.20. The molecule has 1 aromatic heterocycles. The molecule has 0 saturated heterocycles. The highest BCUT2D eigenvalue weighted by molar-refractivity contribution is 7.99. The van der Waals surface area contributed by atoms with E-state index in [1.807, 2.05) is 11.8 Å². The molecular weight excluding hydrogens is 246 g/mol. The summed E-state index contributed by atoms with van der Waals surface area (Å²) in [5, 5.41) is 4.66. The minimum absolute atomic E-state index is 0.364. The first-order valence-electron chi connectivity index (χ1n) is 5.67. The fourth-order valence-electron chi connectivity index (χ4n) is 1.66. The minimum atomic E-state index is 0.364. The molecule has 90 valence electrons. The van der Waals surface area contributed by atoms with Crippen LogP contribution >= 0.6 is 23.1 Å². The summed E-state index contributed by atoms with van der Waals surface area (Å²) in [7, 11) is 0. The van der Waals surface area contributed by atoms with E-state index in [1.165, 1.54) is 21.6 Å². The molecule has 0 fully saturated rings. The lowest BCUT2D eigenvalue weighted by atomic mass is 10.1. The Morgan fingerprint density at radius 3 is 2.65 bits per heavy atom. The lowest BCUT2D eigenvalue weighted by Crippen LogP contribution is -2.08. The van der Waals surface area contributed by atoms with Crippen molar-refractivity contribution in [2.75, 3.05) is 6.54 Å². The number of nitrogens with two attached hydrogens (primary N) is 1. The van der Waals surface area contributed by atoms with Gasteiger partial charge in [0, 0.05) is 16.7 Å². The Morgan fingerprint density at radius 1 is 1.24 bits per heavy atom. The van der Waals surface area contributed by atoms with E-state index in [4.69, 9.17) is 5.73 Å². The fourth-order valence-corrected chi connectivity index (χ4v) is 3.56. The summed E-state index contributed by atoms with van der Waals surface area (Å²) in [4.78, 5) is 1.30. The minimum Gasteiger partial charge on any atom is -0.329 e. The number of aryl methyl sites for hydroxylation is 2. The van der Waals surface area contributed by atoms with E-state index < -0.39 is 0 Å². The number of hydrogen-bond donors (Lipinski definition) is 1. The highest BCUT2D eigenvalue weighted by Gasteiger charge is 2.12. The molecule has 1 heterocycles. The van der Waals surface area contributed by atoms with Crippen LogP contribution in [0.25, 0.3) is 0 Å². The van der Waals surface area contributed by atoms with Crippen molar-refractivity contribution in [2.24, 2.45) is 5.73 Å². The zero-order valence-electron chi connectivity index (χ0n) is 10.1. The van der Waals surface area contributed by atoms with Crippen LogP contribution in [-0.2, 0) is 0 Å². The molecule has 0 amide bonds. The summed E-state index contributed by atoms with van der Waals surface area (Å²) in [6.45, 7) is 4.97.